The Kier molecular flexibility index (Phi) is 7.46. The van der Waals surface area contributed by atoms with Crippen molar-refractivity contribution in [3.8, 4) is 0 Å². The number of halogens is 2. The molecule has 4 heterocycles. The predicted molar refractivity (Wildman–Crippen MR) is 167 cm³/mol. The highest BCUT2D eigenvalue weighted by atomic mass is 19.1. The van der Waals surface area contributed by atoms with Gasteiger partial charge in [0.15, 0.2) is 0 Å². The van der Waals surface area contributed by atoms with E-state index in [0.29, 0.717) is 37.0 Å². The van der Waals surface area contributed by atoms with Crippen LogP contribution >= 0.6 is 0 Å². The number of hydrogen-bond acceptors (Lipinski definition) is 5. The van der Waals surface area contributed by atoms with Gasteiger partial charge in [-0.2, -0.15) is 0 Å². The van der Waals surface area contributed by atoms with Crippen molar-refractivity contribution in [1.29, 1.82) is 0 Å². The van der Waals surface area contributed by atoms with E-state index in [1.807, 2.05) is 57.8 Å². The first-order valence-electron chi connectivity index (χ1n) is 15.8. The summed E-state index contributed by atoms with van der Waals surface area (Å²) < 4.78 is 30.1. The van der Waals surface area contributed by atoms with E-state index in [2.05, 4.69) is 15.2 Å². The summed E-state index contributed by atoms with van der Waals surface area (Å²) in [5.41, 5.74) is 3.41. The summed E-state index contributed by atoms with van der Waals surface area (Å²) in [5.74, 6) is 1.40. The number of aromatic nitrogens is 2. The largest absolute Gasteiger partial charge is 0.364 e. The standard InChI is InChI=1S/C33H37F2N5O.C2H6/c1-19-7-6-14-36-30(19)40-18-32(4,24-10-11-25(34)20(2)28(24)35)27-21(3)29(37-15-26(27)40)38-23-16-39(17-23)31(41)33(12-13-33)22-8-5-9-22;1-2/h6-7,10-11,14-15,22-23H,5,8-9,12-13,16-18H2,1-4H3,(H,37,38);1-2H3/t32-;/m1./s1. The Hall–Kier alpha value is -3.55. The Labute approximate surface area is 253 Å². The van der Waals surface area contributed by atoms with E-state index in [4.69, 9.17) is 4.98 Å². The molecule has 0 spiro atoms. The molecule has 1 N–H and O–H groups in total. The number of benzene rings is 1. The van der Waals surface area contributed by atoms with Gasteiger partial charge < -0.3 is 15.1 Å². The number of carbonyl (C=O) groups excluding carboxylic acids is 1. The van der Waals surface area contributed by atoms with Gasteiger partial charge in [0.1, 0.15) is 23.3 Å². The number of hydrogen-bond donors (Lipinski definition) is 1. The van der Waals surface area contributed by atoms with Crippen molar-refractivity contribution < 1.29 is 13.6 Å². The van der Waals surface area contributed by atoms with Gasteiger partial charge in [0.25, 0.3) is 0 Å². The van der Waals surface area contributed by atoms with Gasteiger partial charge in [-0.25, -0.2) is 18.7 Å². The van der Waals surface area contributed by atoms with Crippen LogP contribution in [0, 0.1) is 43.7 Å². The maximum Gasteiger partial charge on any atom is 0.229 e. The fraction of sp³-hybridized carbons (Fsp3) is 0.514. The van der Waals surface area contributed by atoms with Crippen molar-refractivity contribution in [1.82, 2.24) is 14.9 Å². The highest BCUT2D eigenvalue weighted by Gasteiger charge is 2.59. The Morgan fingerprint density at radius 2 is 1.74 bits per heavy atom. The molecule has 228 valence electrons. The summed E-state index contributed by atoms with van der Waals surface area (Å²) in [4.78, 5) is 26.9. The molecule has 0 radical (unpaired) electrons. The lowest BCUT2D eigenvalue weighted by Gasteiger charge is -2.44. The number of amides is 1. The monoisotopic (exact) mass is 587 g/mol. The molecule has 2 aromatic heterocycles. The van der Waals surface area contributed by atoms with Crippen LogP contribution in [0.1, 0.15) is 80.7 Å². The second-order valence-corrected chi connectivity index (χ2v) is 12.9. The van der Waals surface area contributed by atoms with Crippen LogP contribution in [-0.2, 0) is 10.2 Å². The first kappa shape index (κ1) is 29.5. The fourth-order valence-corrected chi connectivity index (χ4v) is 7.52. The van der Waals surface area contributed by atoms with Gasteiger partial charge in [-0.1, -0.05) is 32.4 Å². The number of carbonyl (C=O) groups is 1. The SMILES string of the molecule is CC.Cc1cccnc1N1C[C@](C)(c2ccc(F)c(C)c2F)c2c1cnc(NC1CN(C(=O)C3(C4CCC4)CC3)C1)c2C. The van der Waals surface area contributed by atoms with Crippen LogP contribution in [0.15, 0.2) is 36.7 Å². The zero-order valence-electron chi connectivity index (χ0n) is 26.2. The molecule has 3 aromatic rings. The van der Waals surface area contributed by atoms with Crippen molar-refractivity contribution >= 4 is 23.2 Å². The number of anilines is 3. The molecular formula is C35H43F2N5O. The molecule has 1 aromatic carbocycles. The maximum absolute atomic E-state index is 15.7. The van der Waals surface area contributed by atoms with Crippen LogP contribution in [0.4, 0.5) is 26.1 Å². The molecule has 4 aliphatic rings. The molecule has 0 bridgehead atoms. The second kappa shape index (κ2) is 10.9. The molecule has 3 fully saturated rings. The van der Waals surface area contributed by atoms with Crippen LogP contribution in [0.2, 0.25) is 0 Å². The molecule has 43 heavy (non-hydrogen) atoms. The Bertz CT molecular complexity index is 1560. The number of pyridine rings is 2. The maximum atomic E-state index is 15.7. The van der Waals surface area contributed by atoms with Gasteiger partial charge in [0, 0.05) is 42.4 Å². The molecule has 6 nitrogen and oxygen atoms in total. The smallest absolute Gasteiger partial charge is 0.229 e. The van der Waals surface area contributed by atoms with Gasteiger partial charge in [-0.05, 0) is 88.1 Å². The number of likely N-dealkylation sites (tertiary alicyclic amines) is 1. The summed E-state index contributed by atoms with van der Waals surface area (Å²) in [5, 5.41) is 3.59. The molecule has 1 saturated heterocycles. The minimum Gasteiger partial charge on any atom is -0.364 e. The van der Waals surface area contributed by atoms with Crippen molar-refractivity contribution in [2.24, 2.45) is 11.3 Å². The molecule has 1 amide bonds. The van der Waals surface area contributed by atoms with Gasteiger partial charge in [-0.3, -0.25) is 4.79 Å². The number of nitrogens with one attached hydrogen (secondary N) is 1. The normalized spacial score (nSPS) is 22.2. The highest BCUT2D eigenvalue weighted by Crippen LogP contribution is 2.60. The third kappa shape index (κ3) is 4.59. The average molecular weight is 588 g/mol. The van der Waals surface area contributed by atoms with Crippen molar-refractivity contribution in [3.05, 3.63) is 76.1 Å². The van der Waals surface area contributed by atoms with Crippen LogP contribution in [0.25, 0.3) is 0 Å². The molecule has 2 aliphatic carbocycles. The number of aryl methyl sites for hydroxylation is 1. The summed E-state index contributed by atoms with van der Waals surface area (Å²) in [6.07, 6.45) is 9.34. The summed E-state index contributed by atoms with van der Waals surface area (Å²) in [7, 11) is 0. The van der Waals surface area contributed by atoms with Crippen LogP contribution < -0.4 is 10.2 Å². The molecular weight excluding hydrogens is 544 g/mol. The zero-order valence-corrected chi connectivity index (χ0v) is 26.2. The Morgan fingerprint density at radius 3 is 2.37 bits per heavy atom. The lowest BCUT2D eigenvalue weighted by atomic mass is 9.72. The lowest BCUT2D eigenvalue weighted by Crippen LogP contribution is -2.59. The van der Waals surface area contributed by atoms with Crippen molar-refractivity contribution in [3.63, 3.8) is 0 Å². The van der Waals surface area contributed by atoms with Crippen LogP contribution in [0.3, 0.4) is 0 Å². The first-order valence-corrected chi connectivity index (χ1v) is 15.8. The average Bonchev–Trinajstić information content (AvgIpc) is 3.68. The van der Waals surface area contributed by atoms with Gasteiger partial charge >= 0.3 is 0 Å². The first-order chi connectivity index (χ1) is 20.6. The van der Waals surface area contributed by atoms with E-state index >= 15 is 4.39 Å². The van der Waals surface area contributed by atoms with Crippen molar-refractivity contribution in [2.75, 3.05) is 29.9 Å². The summed E-state index contributed by atoms with van der Waals surface area (Å²) >= 11 is 0. The molecule has 2 aliphatic heterocycles. The topological polar surface area (TPSA) is 61.4 Å². The molecule has 1 atom stereocenters. The minimum absolute atomic E-state index is 0.0253. The molecule has 8 heteroatoms. The van der Waals surface area contributed by atoms with Crippen molar-refractivity contribution in [2.45, 2.75) is 85.1 Å². The molecule has 0 unspecified atom stereocenters. The quantitative estimate of drug-likeness (QED) is 0.326. The van der Waals surface area contributed by atoms with E-state index in [-0.39, 0.29) is 17.0 Å². The fourth-order valence-electron chi connectivity index (χ4n) is 7.52. The number of rotatable bonds is 6. The van der Waals surface area contributed by atoms with Crippen LogP contribution in [-0.4, -0.2) is 46.5 Å². The molecule has 7 rings (SSSR count). The third-order valence-corrected chi connectivity index (χ3v) is 10.4. The van der Waals surface area contributed by atoms with Crippen LogP contribution in [0.5, 0.6) is 0 Å². The van der Waals surface area contributed by atoms with Gasteiger partial charge in [0.05, 0.1) is 23.3 Å². The highest BCUT2D eigenvalue weighted by molar-refractivity contribution is 5.87. The number of fused-ring (bicyclic) bond motifs is 1. The van der Waals surface area contributed by atoms with Gasteiger partial charge in [-0.15, -0.1) is 0 Å². The van der Waals surface area contributed by atoms with Gasteiger partial charge in [0.2, 0.25) is 5.91 Å². The van der Waals surface area contributed by atoms with E-state index in [1.165, 1.54) is 32.3 Å². The predicted octanol–water partition coefficient (Wildman–Crippen LogP) is 7.37. The van der Waals surface area contributed by atoms with E-state index < -0.39 is 17.0 Å². The van der Waals surface area contributed by atoms with E-state index in [1.54, 1.807) is 12.3 Å². The second-order valence-electron chi connectivity index (χ2n) is 12.9. The summed E-state index contributed by atoms with van der Waals surface area (Å²) in [6, 6.07) is 6.97. The minimum atomic E-state index is -0.770. The Morgan fingerprint density at radius 1 is 1.02 bits per heavy atom. The lowest BCUT2D eigenvalue weighted by molar-refractivity contribution is -0.144. The van der Waals surface area contributed by atoms with E-state index in [0.717, 1.165) is 46.9 Å². The Balaban J connectivity index is 0.00000161. The summed E-state index contributed by atoms with van der Waals surface area (Å²) in [6.45, 7) is 13.3. The van der Waals surface area contributed by atoms with E-state index in [9.17, 15) is 9.18 Å². The number of nitrogens with zero attached hydrogens (tertiary/aromatic N) is 4. The zero-order chi connectivity index (χ0) is 30.7. The third-order valence-electron chi connectivity index (χ3n) is 10.4. The molecule has 2 saturated carbocycles.